The second-order valence-electron chi connectivity index (χ2n) is 7.23. The number of aromatic nitrogens is 3. The molecule has 2 aliphatic carbocycles. The number of morpholine rings is 1. The van der Waals surface area contributed by atoms with Gasteiger partial charge in [-0.1, -0.05) is 5.21 Å². The van der Waals surface area contributed by atoms with E-state index in [1.165, 1.54) is 12.8 Å². The normalized spacial score (nSPS) is 26.8. The second-order valence-corrected chi connectivity index (χ2v) is 7.23. The first kappa shape index (κ1) is 15.1. The van der Waals surface area contributed by atoms with Gasteiger partial charge in [0, 0.05) is 19.2 Å². The van der Waals surface area contributed by atoms with Crippen LogP contribution >= 0.6 is 0 Å². The van der Waals surface area contributed by atoms with Gasteiger partial charge in [-0.2, -0.15) is 0 Å². The van der Waals surface area contributed by atoms with Crippen molar-refractivity contribution in [2.24, 2.45) is 5.92 Å². The summed E-state index contributed by atoms with van der Waals surface area (Å²) in [6.45, 7) is 2.16. The zero-order chi connectivity index (χ0) is 15.9. The Bertz CT molecular complexity index is 580. The number of hydrogen-bond donors (Lipinski definition) is 1. The number of nitrogens with zero attached hydrogens (tertiary/aromatic N) is 4. The van der Waals surface area contributed by atoms with Crippen LogP contribution in [0, 0.1) is 5.92 Å². The van der Waals surface area contributed by atoms with E-state index in [9.17, 15) is 9.90 Å². The zero-order valence-corrected chi connectivity index (χ0v) is 13.4. The third kappa shape index (κ3) is 3.26. The summed E-state index contributed by atoms with van der Waals surface area (Å²) in [5, 5.41) is 18.4. The van der Waals surface area contributed by atoms with E-state index >= 15 is 0 Å². The van der Waals surface area contributed by atoms with Gasteiger partial charge in [0.05, 0.1) is 30.6 Å². The molecule has 1 N–H and O–H groups in total. The van der Waals surface area contributed by atoms with Crippen molar-refractivity contribution in [3.05, 3.63) is 11.9 Å². The van der Waals surface area contributed by atoms with Crippen molar-refractivity contribution >= 4 is 5.91 Å². The molecule has 1 atom stereocenters. The monoisotopic (exact) mass is 320 g/mol. The van der Waals surface area contributed by atoms with Crippen molar-refractivity contribution in [3.8, 4) is 0 Å². The molecule has 126 valence electrons. The summed E-state index contributed by atoms with van der Waals surface area (Å²) < 4.78 is 7.13. The van der Waals surface area contributed by atoms with Crippen LogP contribution in [0.2, 0.25) is 0 Å². The predicted octanol–water partition coefficient (Wildman–Crippen LogP) is 0.373. The Kier molecular flexibility index (Phi) is 3.85. The van der Waals surface area contributed by atoms with E-state index < -0.39 is 5.60 Å². The number of rotatable bonds is 5. The Balaban J connectivity index is 1.37. The van der Waals surface area contributed by atoms with Crippen molar-refractivity contribution in [2.45, 2.75) is 56.7 Å². The lowest BCUT2D eigenvalue weighted by molar-refractivity contribution is -0.141. The summed E-state index contributed by atoms with van der Waals surface area (Å²) in [7, 11) is 0. The Morgan fingerprint density at radius 2 is 2.26 bits per heavy atom. The minimum atomic E-state index is -0.605. The first-order valence-electron chi connectivity index (χ1n) is 8.62. The van der Waals surface area contributed by atoms with Gasteiger partial charge in [-0.15, -0.1) is 5.10 Å². The second kappa shape index (κ2) is 5.87. The third-order valence-electron chi connectivity index (χ3n) is 5.33. The van der Waals surface area contributed by atoms with E-state index in [4.69, 9.17) is 4.74 Å². The van der Waals surface area contributed by atoms with E-state index in [1.807, 2.05) is 4.90 Å². The van der Waals surface area contributed by atoms with Crippen LogP contribution in [0.5, 0.6) is 0 Å². The number of carbonyl (C=O) groups excluding carboxylic acids is 1. The quantitative estimate of drug-likeness (QED) is 0.848. The molecule has 4 rings (SSSR count). The number of aliphatic hydroxyl groups is 1. The van der Waals surface area contributed by atoms with Gasteiger partial charge >= 0.3 is 0 Å². The van der Waals surface area contributed by atoms with Gasteiger partial charge in [0.2, 0.25) is 5.91 Å². The molecule has 7 heteroatoms. The van der Waals surface area contributed by atoms with Crippen molar-refractivity contribution < 1.29 is 14.6 Å². The molecule has 1 aromatic rings. The highest BCUT2D eigenvalue weighted by Crippen LogP contribution is 2.36. The molecule has 1 aliphatic heterocycles. The van der Waals surface area contributed by atoms with Crippen molar-refractivity contribution in [1.82, 2.24) is 19.9 Å². The van der Waals surface area contributed by atoms with Gasteiger partial charge in [-0.05, 0) is 38.0 Å². The lowest BCUT2D eigenvalue weighted by atomic mass is 9.77. The standard InChI is InChI=1S/C16H24N4O3/c21-15(20-6-7-23-11-14(20)12-2-3-12)10-19-9-13(17-18-19)8-16(22)4-1-5-16/h9,12,14,22H,1-8,10-11H2. The van der Waals surface area contributed by atoms with Crippen LogP contribution in [0.15, 0.2) is 6.20 Å². The molecule has 1 saturated heterocycles. The first-order chi connectivity index (χ1) is 11.1. The molecule has 3 fully saturated rings. The third-order valence-corrected chi connectivity index (χ3v) is 5.33. The fourth-order valence-corrected chi connectivity index (χ4v) is 3.63. The van der Waals surface area contributed by atoms with E-state index in [1.54, 1.807) is 10.9 Å². The van der Waals surface area contributed by atoms with Crippen LogP contribution in [0.25, 0.3) is 0 Å². The van der Waals surface area contributed by atoms with Gasteiger partial charge in [-0.3, -0.25) is 4.79 Å². The van der Waals surface area contributed by atoms with Crippen LogP contribution in [0.4, 0.5) is 0 Å². The SMILES string of the molecule is O=C(Cn1cc(CC2(O)CCC2)nn1)N1CCOCC1C1CC1. The van der Waals surface area contributed by atoms with Crippen LogP contribution in [-0.2, 0) is 22.5 Å². The van der Waals surface area contributed by atoms with Gasteiger partial charge < -0.3 is 14.7 Å². The number of amides is 1. The maximum atomic E-state index is 12.6. The van der Waals surface area contributed by atoms with Crippen molar-refractivity contribution in [2.75, 3.05) is 19.8 Å². The molecule has 2 saturated carbocycles. The van der Waals surface area contributed by atoms with Gasteiger partial charge in [0.25, 0.3) is 0 Å². The Morgan fingerprint density at radius 3 is 2.96 bits per heavy atom. The van der Waals surface area contributed by atoms with E-state index in [0.717, 1.165) is 25.0 Å². The van der Waals surface area contributed by atoms with E-state index in [-0.39, 0.29) is 18.5 Å². The highest BCUT2D eigenvalue weighted by molar-refractivity contribution is 5.76. The fourth-order valence-electron chi connectivity index (χ4n) is 3.63. The van der Waals surface area contributed by atoms with Crippen LogP contribution in [0.3, 0.4) is 0 Å². The molecule has 3 aliphatic rings. The predicted molar refractivity (Wildman–Crippen MR) is 81.6 cm³/mol. The minimum absolute atomic E-state index is 0.0870. The highest BCUT2D eigenvalue weighted by atomic mass is 16.5. The molecular formula is C16H24N4O3. The fraction of sp³-hybridized carbons (Fsp3) is 0.812. The maximum Gasteiger partial charge on any atom is 0.244 e. The molecule has 0 bridgehead atoms. The Hall–Kier alpha value is -1.47. The maximum absolute atomic E-state index is 12.6. The molecule has 2 heterocycles. The summed E-state index contributed by atoms with van der Waals surface area (Å²) in [6, 6.07) is 0.231. The van der Waals surface area contributed by atoms with Crippen molar-refractivity contribution in [3.63, 3.8) is 0 Å². The van der Waals surface area contributed by atoms with Gasteiger partial charge in [0.15, 0.2) is 0 Å². The van der Waals surface area contributed by atoms with Crippen LogP contribution in [0.1, 0.15) is 37.8 Å². The molecule has 7 nitrogen and oxygen atoms in total. The number of hydrogen-bond acceptors (Lipinski definition) is 5. The molecule has 0 radical (unpaired) electrons. The molecule has 1 aromatic heterocycles. The summed E-state index contributed by atoms with van der Waals surface area (Å²) in [5.74, 6) is 0.697. The van der Waals surface area contributed by atoms with E-state index in [0.29, 0.717) is 32.1 Å². The van der Waals surface area contributed by atoms with Crippen LogP contribution in [-0.4, -0.2) is 62.3 Å². The average Bonchev–Trinajstić information content (AvgIpc) is 3.28. The van der Waals surface area contributed by atoms with Gasteiger partial charge in [-0.25, -0.2) is 4.68 Å². The summed E-state index contributed by atoms with van der Waals surface area (Å²) in [4.78, 5) is 14.6. The smallest absolute Gasteiger partial charge is 0.244 e. The molecule has 23 heavy (non-hydrogen) atoms. The molecular weight excluding hydrogens is 296 g/mol. The van der Waals surface area contributed by atoms with Crippen LogP contribution < -0.4 is 0 Å². The van der Waals surface area contributed by atoms with Gasteiger partial charge in [0.1, 0.15) is 6.54 Å². The lowest BCUT2D eigenvalue weighted by Gasteiger charge is -2.36. The summed E-state index contributed by atoms with van der Waals surface area (Å²) >= 11 is 0. The Morgan fingerprint density at radius 1 is 1.43 bits per heavy atom. The molecule has 1 amide bonds. The average molecular weight is 320 g/mol. The lowest BCUT2D eigenvalue weighted by Crippen LogP contribution is -2.50. The number of ether oxygens (including phenoxy) is 1. The highest BCUT2D eigenvalue weighted by Gasteiger charge is 2.39. The molecule has 0 spiro atoms. The summed E-state index contributed by atoms with van der Waals surface area (Å²) in [6.07, 6.45) is 7.45. The molecule has 0 aromatic carbocycles. The number of carbonyl (C=O) groups is 1. The minimum Gasteiger partial charge on any atom is -0.389 e. The summed E-state index contributed by atoms with van der Waals surface area (Å²) in [5.41, 5.74) is 0.160. The van der Waals surface area contributed by atoms with Crippen molar-refractivity contribution in [1.29, 1.82) is 0 Å². The van der Waals surface area contributed by atoms with E-state index in [2.05, 4.69) is 10.3 Å². The largest absolute Gasteiger partial charge is 0.389 e. The molecule has 1 unspecified atom stereocenters. The zero-order valence-electron chi connectivity index (χ0n) is 13.4. The first-order valence-corrected chi connectivity index (χ1v) is 8.62. The Labute approximate surface area is 135 Å². The topological polar surface area (TPSA) is 80.5 Å².